The van der Waals surface area contributed by atoms with Crippen molar-refractivity contribution in [2.24, 2.45) is 4.99 Å². The molecule has 1 saturated heterocycles. The van der Waals surface area contributed by atoms with E-state index in [-0.39, 0.29) is 36.0 Å². The molecule has 31 heavy (non-hydrogen) atoms. The maximum absolute atomic E-state index is 12.2. The van der Waals surface area contributed by atoms with Crippen LogP contribution in [0.1, 0.15) is 37.8 Å². The Balaban J connectivity index is 0.00000341. The highest BCUT2D eigenvalue weighted by Gasteiger charge is 2.24. The molecular formula is C22H31IN4O3S. The van der Waals surface area contributed by atoms with Crippen molar-refractivity contribution in [3.63, 3.8) is 0 Å². The van der Waals surface area contributed by atoms with Crippen LogP contribution in [-0.4, -0.2) is 42.8 Å². The number of carbonyl (C=O) groups is 1. The van der Waals surface area contributed by atoms with Gasteiger partial charge in [0.15, 0.2) is 5.96 Å². The Labute approximate surface area is 204 Å². The van der Waals surface area contributed by atoms with Gasteiger partial charge in [-0.05, 0) is 66.8 Å². The second kappa shape index (κ2) is 12.4. The van der Waals surface area contributed by atoms with Gasteiger partial charge in [-0.2, -0.15) is 11.3 Å². The first-order valence-corrected chi connectivity index (χ1v) is 11.2. The molecule has 1 amide bonds. The molecule has 0 bridgehead atoms. The normalized spacial score (nSPS) is 18.0. The summed E-state index contributed by atoms with van der Waals surface area (Å²) >= 11 is 1.56. The predicted molar refractivity (Wildman–Crippen MR) is 136 cm³/mol. The molecule has 0 radical (unpaired) electrons. The quantitative estimate of drug-likeness (QED) is 0.226. The number of rotatable bonds is 8. The van der Waals surface area contributed by atoms with Gasteiger partial charge in [0.1, 0.15) is 11.7 Å². The van der Waals surface area contributed by atoms with Gasteiger partial charge in [0, 0.05) is 18.8 Å². The molecule has 2 aromatic rings. The molecule has 2 unspecified atom stereocenters. The van der Waals surface area contributed by atoms with Crippen molar-refractivity contribution < 1.29 is 14.6 Å². The van der Waals surface area contributed by atoms with Gasteiger partial charge in [0.25, 0.3) is 5.91 Å². The molecule has 1 aliphatic rings. The molecule has 3 rings (SSSR count). The van der Waals surface area contributed by atoms with E-state index in [1.165, 1.54) is 0 Å². The number of thiophene rings is 1. The van der Waals surface area contributed by atoms with E-state index >= 15 is 0 Å². The Bertz CT molecular complexity index is 852. The number of carbonyl (C=O) groups excluding carboxylic acids is 1. The highest BCUT2D eigenvalue weighted by molar-refractivity contribution is 14.0. The zero-order chi connectivity index (χ0) is 21.4. The van der Waals surface area contributed by atoms with Crippen LogP contribution in [0.3, 0.4) is 0 Å². The molecule has 1 aliphatic heterocycles. The summed E-state index contributed by atoms with van der Waals surface area (Å²) in [7, 11) is 0. The van der Waals surface area contributed by atoms with E-state index in [2.05, 4.69) is 20.9 Å². The van der Waals surface area contributed by atoms with E-state index in [1.807, 2.05) is 48.0 Å². The topological polar surface area (TPSA) is 95.0 Å². The summed E-state index contributed by atoms with van der Waals surface area (Å²) in [4.78, 5) is 16.9. The van der Waals surface area contributed by atoms with Crippen molar-refractivity contribution in [2.75, 3.05) is 25.0 Å². The molecule has 7 nitrogen and oxygen atoms in total. The summed E-state index contributed by atoms with van der Waals surface area (Å²) < 4.78 is 5.43. The maximum Gasteiger partial charge on any atom is 0.253 e. The number of guanidine groups is 1. The minimum atomic E-state index is -0.983. The molecule has 0 spiro atoms. The number of aliphatic imine (C=N–C) groups is 1. The minimum Gasteiger partial charge on any atom is -0.384 e. The molecule has 2 atom stereocenters. The molecule has 9 heteroatoms. The second-order valence-corrected chi connectivity index (χ2v) is 8.31. The largest absolute Gasteiger partial charge is 0.384 e. The molecule has 1 aromatic heterocycles. The van der Waals surface area contributed by atoms with E-state index in [4.69, 9.17) is 4.74 Å². The molecule has 1 fully saturated rings. The lowest BCUT2D eigenvalue weighted by Gasteiger charge is -2.24. The highest BCUT2D eigenvalue weighted by Crippen LogP contribution is 2.22. The van der Waals surface area contributed by atoms with Gasteiger partial charge in [-0.15, -0.1) is 24.0 Å². The molecule has 170 valence electrons. The fourth-order valence-corrected chi connectivity index (χ4v) is 3.98. The second-order valence-electron chi connectivity index (χ2n) is 7.53. The number of benzene rings is 1. The first-order chi connectivity index (χ1) is 14.5. The smallest absolute Gasteiger partial charge is 0.253 e. The van der Waals surface area contributed by atoms with E-state index < -0.39 is 5.60 Å². The van der Waals surface area contributed by atoms with Crippen LogP contribution in [0.2, 0.25) is 0 Å². The van der Waals surface area contributed by atoms with E-state index in [0.717, 1.165) is 29.7 Å². The number of nitrogens with zero attached hydrogens (tertiary/aromatic N) is 1. The van der Waals surface area contributed by atoms with Gasteiger partial charge in [0.2, 0.25) is 0 Å². The van der Waals surface area contributed by atoms with Crippen molar-refractivity contribution >= 4 is 52.9 Å². The molecule has 0 aliphatic carbocycles. The van der Waals surface area contributed by atoms with Crippen molar-refractivity contribution in [1.29, 1.82) is 0 Å². The van der Waals surface area contributed by atoms with E-state index in [0.29, 0.717) is 32.2 Å². The van der Waals surface area contributed by atoms with Crippen molar-refractivity contribution in [2.45, 2.75) is 44.9 Å². The summed E-state index contributed by atoms with van der Waals surface area (Å²) in [6, 6.07) is 9.57. The Morgan fingerprint density at radius 1 is 1.35 bits per heavy atom. The van der Waals surface area contributed by atoms with E-state index in [1.54, 1.807) is 18.3 Å². The average Bonchev–Trinajstić information content (AvgIpc) is 3.45. The van der Waals surface area contributed by atoms with Crippen LogP contribution in [0.15, 0.2) is 46.1 Å². The average molecular weight is 558 g/mol. The Morgan fingerprint density at radius 2 is 2.19 bits per heavy atom. The van der Waals surface area contributed by atoms with Crippen molar-refractivity contribution in [3.8, 4) is 0 Å². The SMILES string of the molecule is CCNC(=NCc1cccc(NC(=O)C2CCCO2)c1)NCC(C)(O)c1ccsc1.I. The molecule has 4 N–H and O–H groups in total. The fraction of sp³-hybridized carbons (Fsp3) is 0.455. The number of aliphatic hydroxyl groups is 1. The summed E-state index contributed by atoms with van der Waals surface area (Å²) in [6.07, 6.45) is 1.34. The standard InChI is InChI=1S/C22H30N4O3S.HI/c1-3-23-21(25-15-22(2,28)17-9-11-30-14-17)24-13-16-6-4-7-18(12-16)26-20(27)19-8-5-10-29-19;/h4,6-7,9,11-12,14,19,28H,3,5,8,10,13,15H2,1-2H3,(H,26,27)(H2,23,24,25);1H. The maximum atomic E-state index is 12.2. The van der Waals surface area contributed by atoms with E-state index in [9.17, 15) is 9.90 Å². The fourth-order valence-electron chi connectivity index (χ4n) is 3.20. The van der Waals surface area contributed by atoms with Crippen LogP contribution >= 0.6 is 35.3 Å². The third kappa shape index (κ3) is 7.74. The molecular weight excluding hydrogens is 527 g/mol. The Morgan fingerprint density at radius 3 is 2.87 bits per heavy atom. The number of nitrogens with one attached hydrogen (secondary N) is 3. The van der Waals surface area contributed by atoms with Crippen LogP contribution in [0, 0.1) is 0 Å². The zero-order valence-corrected chi connectivity index (χ0v) is 21.0. The van der Waals surface area contributed by atoms with Crippen molar-refractivity contribution in [1.82, 2.24) is 10.6 Å². The third-order valence-electron chi connectivity index (χ3n) is 4.92. The van der Waals surface area contributed by atoms with Gasteiger partial charge in [0.05, 0.1) is 13.1 Å². The van der Waals surface area contributed by atoms with Gasteiger partial charge in [-0.1, -0.05) is 12.1 Å². The third-order valence-corrected chi connectivity index (χ3v) is 5.61. The first kappa shape index (κ1) is 25.6. The molecule has 0 saturated carbocycles. The number of ether oxygens (including phenoxy) is 1. The monoisotopic (exact) mass is 558 g/mol. The lowest BCUT2D eigenvalue weighted by Crippen LogP contribution is -2.44. The lowest BCUT2D eigenvalue weighted by molar-refractivity contribution is -0.124. The number of amides is 1. The summed E-state index contributed by atoms with van der Waals surface area (Å²) in [5.41, 5.74) is 1.61. The van der Waals surface area contributed by atoms with Gasteiger partial charge in [-0.3, -0.25) is 4.79 Å². The van der Waals surface area contributed by atoms with Gasteiger partial charge < -0.3 is 25.8 Å². The Kier molecular flexibility index (Phi) is 10.2. The number of anilines is 1. The van der Waals surface area contributed by atoms with Crippen LogP contribution in [-0.2, 0) is 21.7 Å². The first-order valence-electron chi connectivity index (χ1n) is 10.3. The van der Waals surface area contributed by atoms with Crippen LogP contribution in [0.5, 0.6) is 0 Å². The summed E-state index contributed by atoms with van der Waals surface area (Å²) in [6.45, 7) is 5.92. The predicted octanol–water partition coefficient (Wildman–Crippen LogP) is 3.45. The Hall–Kier alpha value is -1.69. The summed E-state index contributed by atoms with van der Waals surface area (Å²) in [5.74, 6) is 0.528. The van der Waals surface area contributed by atoms with Crippen LogP contribution < -0.4 is 16.0 Å². The molecule has 1 aromatic carbocycles. The van der Waals surface area contributed by atoms with Gasteiger partial charge >= 0.3 is 0 Å². The minimum absolute atomic E-state index is 0. The molecule has 2 heterocycles. The zero-order valence-electron chi connectivity index (χ0n) is 17.9. The van der Waals surface area contributed by atoms with Crippen LogP contribution in [0.4, 0.5) is 5.69 Å². The number of hydrogen-bond donors (Lipinski definition) is 4. The van der Waals surface area contributed by atoms with Crippen molar-refractivity contribution in [3.05, 3.63) is 52.2 Å². The lowest BCUT2D eigenvalue weighted by atomic mass is 9.99. The highest BCUT2D eigenvalue weighted by atomic mass is 127. The van der Waals surface area contributed by atoms with Crippen LogP contribution in [0.25, 0.3) is 0 Å². The number of halogens is 1. The van der Waals surface area contributed by atoms with Gasteiger partial charge in [-0.25, -0.2) is 4.99 Å². The summed E-state index contributed by atoms with van der Waals surface area (Å²) in [5, 5.41) is 23.9. The number of hydrogen-bond acceptors (Lipinski definition) is 5.